The first-order valence-electron chi connectivity index (χ1n) is 15.5. The van der Waals surface area contributed by atoms with Crippen molar-refractivity contribution in [1.29, 1.82) is 0 Å². The largest absolute Gasteiger partial charge is 0.341 e. The lowest BCUT2D eigenvalue weighted by Crippen LogP contribution is -2.30. The van der Waals surface area contributed by atoms with Crippen LogP contribution in [-0.2, 0) is 16.1 Å². The van der Waals surface area contributed by atoms with Crippen molar-refractivity contribution in [3.8, 4) is 0 Å². The lowest BCUT2D eigenvalue weighted by atomic mass is 10.1. The molecule has 1 aromatic heterocycles. The van der Waals surface area contributed by atoms with Gasteiger partial charge in [-0.25, -0.2) is 0 Å². The highest BCUT2D eigenvalue weighted by Crippen LogP contribution is 2.31. The average molecular weight is 670 g/mol. The van der Waals surface area contributed by atoms with Gasteiger partial charge in [-0.2, -0.15) is 0 Å². The second kappa shape index (κ2) is 14.7. The molecule has 244 valence electrons. The number of aromatic nitrogens is 1. The minimum absolute atomic E-state index is 0.153. The number of aryl methyl sites for hydroxylation is 1. The summed E-state index contributed by atoms with van der Waals surface area (Å²) in [6.07, 6.45) is 1.27. The zero-order valence-electron chi connectivity index (χ0n) is 26.4. The maximum absolute atomic E-state index is 13.4. The number of carbonyl (C=O) groups excluding carboxylic acids is 3. The van der Waals surface area contributed by atoms with Gasteiger partial charge in [-0.1, -0.05) is 48.5 Å². The summed E-state index contributed by atoms with van der Waals surface area (Å²) < 4.78 is 2.26. The van der Waals surface area contributed by atoms with Crippen LogP contribution in [0.25, 0.3) is 27.9 Å². The highest BCUT2D eigenvalue weighted by atomic mass is 32.2. The molecule has 6 aromatic rings. The number of hydrogen-bond donors (Lipinski definition) is 3. The highest BCUT2D eigenvalue weighted by Gasteiger charge is 2.19. The number of hydrogen-bond acceptors (Lipinski definition) is 6. The molecule has 3 N–H and O–H groups in total. The number of carbonyl (C=O) groups is 3. The van der Waals surface area contributed by atoms with Gasteiger partial charge in [0.25, 0.3) is 17.5 Å². The standard InChI is InChI=1S/C38H31N5O5S/c1-2-42-34-15-9-7-13-30(34)31-23-28(18-21-35(31)42)39-36(44)24-49-29-19-16-27(17-20-29)40-38(46)32(41-37(45)25-10-4-3-5-11-25)22-26-12-6-8-14-33(26)43(47)48/h3-23H,2,24H2,1H3,(H,39,44)(H,40,46)(H,41,45)/b32-22-. The number of anilines is 2. The number of rotatable bonds is 11. The lowest BCUT2D eigenvalue weighted by molar-refractivity contribution is -0.385. The van der Waals surface area contributed by atoms with E-state index in [2.05, 4.69) is 39.6 Å². The van der Waals surface area contributed by atoms with Crippen LogP contribution < -0.4 is 16.0 Å². The Kier molecular flexibility index (Phi) is 9.82. The quantitative estimate of drug-likeness (QED) is 0.0556. The summed E-state index contributed by atoms with van der Waals surface area (Å²) in [6.45, 7) is 2.96. The third-order valence-electron chi connectivity index (χ3n) is 7.82. The Morgan fingerprint density at radius 3 is 2.20 bits per heavy atom. The van der Waals surface area contributed by atoms with Crippen molar-refractivity contribution in [2.45, 2.75) is 18.4 Å². The predicted molar refractivity (Wildman–Crippen MR) is 195 cm³/mol. The van der Waals surface area contributed by atoms with Crippen molar-refractivity contribution in [2.24, 2.45) is 0 Å². The van der Waals surface area contributed by atoms with Crippen LogP contribution in [0.4, 0.5) is 17.1 Å². The summed E-state index contributed by atoms with van der Waals surface area (Å²) >= 11 is 1.35. The monoisotopic (exact) mass is 669 g/mol. The van der Waals surface area contributed by atoms with Gasteiger partial charge >= 0.3 is 0 Å². The Hall–Kier alpha value is -6.20. The molecule has 0 saturated carbocycles. The van der Waals surface area contributed by atoms with Crippen LogP contribution in [0.15, 0.2) is 132 Å². The van der Waals surface area contributed by atoms with Crippen LogP contribution in [0.5, 0.6) is 0 Å². The maximum atomic E-state index is 13.4. The van der Waals surface area contributed by atoms with Gasteiger partial charge < -0.3 is 20.5 Å². The van der Waals surface area contributed by atoms with Crippen molar-refractivity contribution in [2.75, 3.05) is 16.4 Å². The molecular formula is C38H31N5O5S. The predicted octanol–water partition coefficient (Wildman–Crippen LogP) is 7.86. The molecule has 0 spiro atoms. The summed E-state index contributed by atoms with van der Waals surface area (Å²) in [6, 6.07) is 35.3. The molecule has 0 bridgehead atoms. The van der Waals surface area contributed by atoms with E-state index in [1.54, 1.807) is 60.7 Å². The summed E-state index contributed by atoms with van der Waals surface area (Å²) in [4.78, 5) is 51.0. The van der Waals surface area contributed by atoms with Gasteiger partial charge in [0.2, 0.25) is 5.91 Å². The molecule has 6 rings (SSSR count). The summed E-state index contributed by atoms with van der Waals surface area (Å²) in [5, 5.41) is 22.1. The van der Waals surface area contributed by atoms with Gasteiger partial charge in [-0.15, -0.1) is 11.8 Å². The van der Waals surface area contributed by atoms with Gasteiger partial charge in [0.05, 0.1) is 16.2 Å². The first-order valence-corrected chi connectivity index (χ1v) is 16.5. The fourth-order valence-corrected chi connectivity index (χ4v) is 6.22. The minimum Gasteiger partial charge on any atom is -0.341 e. The molecule has 5 aromatic carbocycles. The first-order chi connectivity index (χ1) is 23.8. The van der Waals surface area contributed by atoms with Crippen LogP contribution >= 0.6 is 11.8 Å². The molecule has 0 saturated heterocycles. The van der Waals surface area contributed by atoms with E-state index in [0.717, 1.165) is 38.9 Å². The third kappa shape index (κ3) is 7.53. The smallest absolute Gasteiger partial charge is 0.276 e. The molecular weight excluding hydrogens is 639 g/mol. The van der Waals surface area contributed by atoms with Gasteiger partial charge in [0.1, 0.15) is 5.70 Å². The normalized spacial score (nSPS) is 11.3. The second-order valence-corrected chi connectivity index (χ2v) is 12.1. The molecule has 1 heterocycles. The maximum Gasteiger partial charge on any atom is 0.276 e. The Balaban J connectivity index is 1.11. The minimum atomic E-state index is -0.666. The van der Waals surface area contributed by atoms with Gasteiger partial charge in [-0.05, 0) is 79.7 Å². The zero-order valence-corrected chi connectivity index (χ0v) is 27.2. The van der Waals surface area contributed by atoms with Gasteiger partial charge in [-0.3, -0.25) is 24.5 Å². The van der Waals surface area contributed by atoms with Crippen LogP contribution in [-0.4, -0.2) is 33.0 Å². The van der Waals surface area contributed by atoms with E-state index in [-0.39, 0.29) is 28.6 Å². The molecule has 0 radical (unpaired) electrons. The molecule has 11 heteroatoms. The highest BCUT2D eigenvalue weighted by molar-refractivity contribution is 8.00. The van der Waals surface area contributed by atoms with Gasteiger partial charge in [0.15, 0.2) is 0 Å². The molecule has 10 nitrogen and oxygen atoms in total. The molecule has 49 heavy (non-hydrogen) atoms. The number of amides is 3. The molecule has 3 amide bonds. The Labute approximate surface area is 286 Å². The van der Waals surface area contributed by atoms with E-state index in [1.165, 1.54) is 36.0 Å². The summed E-state index contributed by atoms with van der Waals surface area (Å²) in [5.74, 6) is -1.19. The SMILES string of the molecule is CCn1c2ccccc2c2cc(NC(=O)CSc3ccc(NC(=O)/C(=C/c4ccccc4[N+](=O)[O-])NC(=O)c4ccccc4)cc3)ccc21. The molecule has 0 aliphatic carbocycles. The number of fused-ring (bicyclic) bond motifs is 3. The molecule has 0 aliphatic heterocycles. The first kappa shape index (κ1) is 32.7. The molecule has 0 unspecified atom stereocenters. The van der Waals surface area contributed by atoms with E-state index >= 15 is 0 Å². The summed E-state index contributed by atoms with van der Waals surface area (Å²) in [5.41, 5.74) is 3.52. The number of nitrogens with zero attached hydrogens (tertiary/aromatic N) is 2. The fourth-order valence-electron chi connectivity index (χ4n) is 5.52. The zero-order chi connectivity index (χ0) is 34.3. The molecule has 0 fully saturated rings. The fraction of sp³-hybridized carbons (Fsp3) is 0.0789. The van der Waals surface area contributed by atoms with Crippen molar-refractivity contribution in [3.63, 3.8) is 0 Å². The Morgan fingerprint density at radius 2 is 1.45 bits per heavy atom. The van der Waals surface area contributed by atoms with Crippen molar-refractivity contribution in [3.05, 3.63) is 148 Å². The van der Waals surface area contributed by atoms with Crippen LogP contribution in [0.1, 0.15) is 22.8 Å². The number of nitro benzene ring substituents is 1. The third-order valence-corrected chi connectivity index (χ3v) is 8.83. The van der Waals surface area contributed by atoms with E-state index in [0.29, 0.717) is 11.3 Å². The van der Waals surface area contributed by atoms with E-state index < -0.39 is 16.7 Å². The number of thioether (sulfide) groups is 1. The van der Waals surface area contributed by atoms with Crippen molar-refractivity contribution in [1.82, 2.24) is 9.88 Å². The number of benzene rings is 5. The van der Waals surface area contributed by atoms with E-state index in [9.17, 15) is 24.5 Å². The van der Waals surface area contributed by atoms with E-state index in [1.807, 2.05) is 30.3 Å². The molecule has 0 atom stereocenters. The van der Waals surface area contributed by atoms with Crippen molar-refractivity contribution >= 4 is 74.4 Å². The number of para-hydroxylation sites is 2. The Bertz CT molecular complexity index is 2230. The van der Waals surface area contributed by atoms with E-state index in [4.69, 9.17) is 0 Å². The van der Waals surface area contributed by atoms with Crippen LogP contribution in [0.3, 0.4) is 0 Å². The molecule has 0 aliphatic rings. The van der Waals surface area contributed by atoms with Crippen molar-refractivity contribution < 1.29 is 19.3 Å². The van der Waals surface area contributed by atoms with Crippen LogP contribution in [0, 0.1) is 10.1 Å². The number of nitro groups is 1. The lowest BCUT2D eigenvalue weighted by Gasteiger charge is -2.12. The second-order valence-electron chi connectivity index (χ2n) is 11.0. The topological polar surface area (TPSA) is 135 Å². The average Bonchev–Trinajstić information content (AvgIpc) is 3.44. The number of nitrogens with one attached hydrogen (secondary N) is 3. The van der Waals surface area contributed by atoms with Crippen LogP contribution in [0.2, 0.25) is 0 Å². The summed E-state index contributed by atoms with van der Waals surface area (Å²) in [7, 11) is 0. The Morgan fingerprint density at radius 1 is 0.776 bits per heavy atom. The van der Waals surface area contributed by atoms with Gasteiger partial charge in [0, 0.05) is 56.3 Å².